The van der Waals surface area contributed by atoms with E-state index in [0.717, 1.165) is 50.2 Å². The van der Waals surface area contributed by atoms with Crippen LogP contribution in [0.3, 0.4) is 0 Å². The lowest BCUT2D eigenvalue weighted by molar-refractivity contribution is 0.158. The van der Waals surface area contributed by atoms with Crippen LogP contribution in [0.4, 0.5) is 0 Å². The Bertz CT molecular complexity index is 367. The van der Waals surface area contributed by atoms with Crippen LogP contribution in [0, 0.1) is 5.92 Å². The van der Waals surface area contributed by atoms with Crippen LogP contribution in [0.2, 0.25) is 0 Å². The van der Waals surface area contributed by atoms with Crippen LogP contribution in [0.25, 0.3) is 0 Å². The maximum Gasteiger partial charge on any atom is 0.229 e. The third kappa shape index (κ3) is 4.75. The molecule has 2 rings (SSSR count). The molecule has 0 amide bonds. The van der Waals surface area contributed by atoms with E-state index in [1.165, 1.54) is 12.8 Å². The molecule has 6 heteroatoms. The molecule has 0 saturated carbocycles. The van der Waals surface area contributed by atoms with Gasteiger partial charge in [-0.15, -0.1) is 12.4 Å². The van der Waals surface area contributed by atoms with E-state index in [9.17, 15) is 0 Å². The molecule has 0 aliphatic carbocycles. The van der Waals surface area contributed by atoms with E-state index in [-0.39, 0.29) is 12.4 Å². The number of nitrogens with zero attached hydrogens (tertiary/aromatic N) is 3. The highest BCUT2D eigenvalue weighted by Gasteiger charge is 2.21. The van der Waals surface area contributed by atoms with Crippen LogP contribution in [0.1, 0.15) is 50.7 Å². The zero-order valence-corrected chi connectivity index (χ0v) is 12.7. The standard InChI is InChI=1S/C13H24N4O.ClH/c1-10(2)13-15-12(16-18-13)9-17-7-3-4-11(8-17)5-6-14;/h10-11H,3-9,14H2,1-2H3;1H. The van der Waals surface area contributed by atoms with E-state index >= 15 is 0 Å². The summed E-state index contributed by atoms with van der Waals surface area (Å²) in [5.74, 6) is 2.59. The molecule has 0 radical (unpaired) electrons. The molecule has 1 aromatic rings. The zero-order chi connectivity index (χ0) is 13.0. The monoisotopic (exact) mass is 288 g/mol. The molecule has 110 valence electrons. The fraction of sp³-hybridized carbons (Fsp3) is 0.846. The van der Waals surface area contributed by atoms with Gasteiger partial charge in [0, 0.05) is 12.5 Å². The molecule has 1 fully saturated rings. The maximum absolute atomic E-state index is 5.64. The van der Waals surface area contributed by atoms with E-state index in [0.29, 0.717) is 5.92 Å². The summed E-state index contributed by atoms with van der Waals surface area (Å²) < 4.78 is 5.23. The van der Waals surface area contributed by atoms with Gasteiger partial charge in [0.2, 0.25) is 5.89 Å². The number of hydrogen-bond acceptors (Lipinski definition) is 5. The molecular weight excluding hydrogens is 264 g/mol. The first-order valence-corrected chi connectivity index (χ1v) is 6.94. The number of hydrogen-bond donors (Lipinski definition) is 1. The molecule has 1 unspecified atom stereocenters. The van der Waals surface area contributed by atoms with Crippen molar-refractivity contribution in [3.05, 3.63) is 11.7 Å². The average Bonchev–Trinajstić information content (AvgIpc) is 2.78. The molecule has 19 heavy (non-hydrogen) atoms. The zero-order valence-electron chi connectivity index (χ0n) is 11.8. The summed E-state index contributed by atoms with van der Waals surface area (Å²) in [7, 11) is 0. The van der Waals surface area contributed by atoms with Crippen molar-refractivity contribution >= 4 is 12.4 Å². The van der Waals surface area contributed by atoms with E-state index in [1.54, 1.807) is 0 Å². The van der Waals surface area contributed by atoms with Gasteiger partial charge >= 0.3 is 0 Å². The molecule has 1 aliphatic rings. The van der Waals surface area contributed by atoms with Crippen molar-refractivity contribution in [1.29, 1.82) is 0 Å². The van der Waals surface area contributed by atoms with Gasteiger partial charge in [0.05, 0.1) is 6.54 Å². The van der Waals surface area contributed by atoms with Crippen molar-refractivity contribution in [2.75, 3.05) is 19.6 Å². The Morgan fingerprint density at radius 3 is 2.89 bits per heavy atom. The predicted octanol–water partition coefficient (Wildman–Crippen LogP) is 2.18. The van der Waals surface area contributed by atoms with Gasteiger partial charge in [-0.3, -0.25) is 4.90 Å². The molecule has 1 atom stereocenters. The summed E-state index contributed by atoms with van der Waals surface area (Å²) in [6.07, 6.45) is 3.68. The van der Waals surface area contributed by atoms with E-state index in [4.69, 9.17) is 10.3 Å². The lowest BCUT2D eigenvalue weighted by atomic mass is 9.95. The maximum atomic E-state index is 5.64. The second-order valence-electron chi connectivity index (χ2n) is 5.52. The Morgan fingerprint density at radius 1 is 1.47 bits per heavy atom. The Labute approximate surface area is 121 Å². The summed E-state index contributed by atoms with van der Waals surface area (Å²) in [5, 5.41) is 4.05. The van der Waals surface area contributed by atoms with Crippen molar-refractivity contribution in [2.45, 2.75) is 45.6 Å². The highest BCUT2D eigenvalue weighted by Crippen LogP contribution is 2.20. The highest BCUT2D eigenvalue weighted by molar-refractivity contribution is 5.85. The molecule has 0 bridgehead atoms. The second kappa shape index (κ2) is 7.82. The van der Waals surface area contributed by atoms with Gasteiger partial charge in [-0.2, -0.15) is 4.98 Å². The van der Waals surface area contributed by atoms with Crippen LogP contribution in [0.5, 0.6) is 0 Å². The predicted molar refractivity (Wildman–Crippen MR) is 77.3 cm³/mol. The summed E-state index contributed by atoms with van der Waals surface area (Å²) >= 11 is 0. The second-order valence-corrected chi connectivity index (χ2v) is 5.52. The van der Waals surface area contributed by atoms with Crippen molar-refractivity contribution in [1.82, 2.24) is 15.0 Å². The fourth-order valence-corrected chi connectivity index (χ4v) is 2.53. The normalized spacial score (nSPS) is 20.5. The Hall–Kier alpha value is -0.650. The topological polar surface area (TPSA) is 68.2 Å². The van der Waals surface area contributed by atoms with Crippen LogP contribution in [-0.4, -0.2) is 34.7 Å². The van der Waals surface area contributed by atoms with Crippen molar-refractivity contribution in [2.24, 2.45) is 11.7 Å². The largest absolute Gasteiger partial charge is 0.339 e. The Balaban J connectivity index is 0.00000180. The van der Waals surface area contributed by atoms with Gasteiger partial charge in [0.15, 0.2) is 5.82 Å². The fourth-order valence-electron chi connectivity index (χ4n) is 2.53. The molecule has 2 N–H and O–H groups in total. The first-order chi connectivity index (χ1) is 8.69. The summed E-state index contributed by atoms with van der Waals surface area (Å²) in [6, 6.07) is 0. The summed E-state index contributed by atoms with van der Waals surface area (Å²) in [6.45, 7) is 7.97. The van der Waals surface area contributed by atoms with Crippen molar-refractivity contribution < 1.29 is 4.52 Å². The summed E-state index contributed by atoms with van der Waals surface area (Å²) in [4.78, 5) is 6.85. The number of nitrogens with two attached hydrogens (primary N) is 1. The lowest BCUT2D eigenvalue weighted by Crippen LogP contribution is -2.36. The third-order valence-corrected chi connectivity index (χ3v) is 3.52. The number of halogens is 1. The van der Waals surface area contributed by atoms with Crippen LogP contribution >= 0.6 is 12.4 Å². The molecule has 0 spiro atoms. The van der Waals surface area contributed by atoms with Crippen molar-refractivity contribution in [3.63, 3.8) is 0 Å². The van der Waals surface area contributed by atoms with Gasteiger partial charge in [-0.05, 0) is 38.3 Å². The molecule has 2 heterocycles. The number of rotatable bonds is 5. The van der Waals surface area contributed by atoms with Crippen LogP contribution < -0.4 is 5.73 Å². The van der Waals surface area contributed by atoms with E-state index in [1.807, 2.05) is 0 Å². The Kier molecular flexibility index (Phi) is 6.75. The van der Waals surface area contributed by atoms with Crippen molar-refractivity contribution in [3.8, 4) is 0 Å². The van der Waals surface area contributed by atoms with E-state index < -0.39 is 0 Å². The van der Waals surface area contributed by atoms with E-state index in [2.05, 4.69) is 28.9 Å². The average molecular weight is 289 g/mol. The molecule has 0 aromatic carbocycles. The molecule has 5 nitrogen and oxygen atoms in total. The van der Waals surface area contributed by atoms with Gasteiger partial charge in [-0.1, -0.05) is 19.0 Å². The first-order valence-electron chi connectivity index (χ1n) is 6.94. The van der Waals surface area contributed by atoms with Gasteiger partial charge in [-0.25, -0.2) is 0 Å². The summed E-state index contributed by atoms with van der Waals surface area (Å²) in [5.41, 5.74) is 5.64. The lowest BCUT2D eigenvalue weighted by Gasteiger charge is -2.31. The smallest absolute Gasteiger partial charge is 0.229 e. The minimum Gasteiger partial charge on any atom is -0.339 e. The molecule has 1 saturated heterocycles. The third-order valence-electron chi connectivity index (χ3n) is 3.52. The molecular formula is C13H25ClN4O. The minimum absolute atomic E-state index is 0. The quantitative estimate of drug-likeness (QED) is 0.899. The first kappa shape index (κ1) is 16.4. The number of piperidine rings is 1. The highest BCUT2D eigenvalue weighted by atomic mass is 35.5. The number of likely N-dealkylation sites (tertiary alicyclic amines) is 1. The minimum atomic E-state index is 0. The van der Waals surface area contributed by atoms with Gasteiger partial charge < -0.3 is 10.3 Å². The van der Waals surface area contributed by atoms with Crippen LogP contribution in [-0.2, 0) is 6.54 Å². The SMILES string of the molecule is CC(C)c1nc(CN2CCCC(CCN)C2)no1.Cl. The molecule has 1 aromatic heterocycles. The number of aromatic nitrogens is 2. The van der Waals surface area contributed by atoms with Crippen LogP contribution in [0.15, 0.2) is 4.52 Å². The van der Waals surface area contributed by atoms with Gasteiger partial charge in [0.1, 0.15) is 0 Å². The van der Waals surface area contributed by atoms with Gasteiger partial charge in [0.25, 0.3) is 0 Å². The molecule has 1 aliphatic heterocycles. The Morgan fingerprint density at radius 2 is 2.26 bits per heavy atom.